The van der Waals surface area contributed by atoms with E-state index in [1.165, 1.54) is 7.11 Å². The van der Waals surface area contributed by atoms with E-state index in [1.807, 2.05) is 55.5 Å². The first-order valence-electron chi connectivity index (χ1n) is 10.2. The monoisotopic (exact) mass is 424 g/mol. The highest BCUT2D eigenvalue weighted by Crippen LogP contribution is 2.39. The van der Waals surface area contributed by atoms with E-state index < -0.39 is 18.2 Å². The van der Waals surface area contributed by atoms with Gasteiger partial charge in [-0.25, -0.2) is 9.59 Å². The van der Waals surface area contributed by atoms with E-state index in [0.717, 1.165) is 11.3 Å². The quantitative estimate of drug-likeness (QED) is 0.705. The molecule has 0 spiro atoms. The zero-order valence-electron chi connectivity index (χ0n) is 18.2. The van der Waals surface area contributed by atoms with Gasteiger partial charge in [-0.15, -0.1) is 0 Å². The van der Waals surface area contributed by atoms with E-state index in [-0.39, 0.29) is 18.4 Å². The third-order valence-corrected chi connectivity index (χ3v) is 5.41. The Morgan fingerprint density at radius 1 is 1.03 bits per heavy atom. The standard InChI is InChI=1S/C24H28N2O5/c1-5-31-24(28)25-22-16(2)20(17-9-7-6-8-10-17)15-21(23(27)30-4)26(22)18-11-13-19(29-3)14-12-18/h6-16,20,22H,5H2,1-4H3,(H,25,28)/t16-,20+,22-/m1/s1. The van der Waals surface area contributed by atoms with Crippen LogP contribution in [0.15, 0.2) is 66.4 Å². The Balaban J connectivity index is 2.12. The summed E-state index contributed by atoms with van der Waals surface area (Å²) in [6, 6.07) is 17.2. The molecule has 2 aromatic carbocycles. The van der Waals surface area contributed by atoms with Gasteiger partial charge in [0.15, 0.2) is 0 Å². The van der Waals surface area contributed by atoms with Crippen molar-refractivity contribution < 1.29 is 23.8 Å². The summed E-state index contributed by atoms with van der Waals surface area (Å²) in [5.74, 6) is 0.00724. The third-order valence-electron chi connectivity index (χ3n) is 5.41. The molecule has 1 aliphatic heterocycles. The fourth-order valence-corrected chi connectivity index (χ4v) is 3.86. The SMILES string of the molecule is CCOC(=O)N[C@H]1[C@H](C)[C@@H](c2ccccc2)C=C(C(=O)OC)N1c1ccc(OC)cc1. The van der Waals surface area contributed by atoms with Gasteiger partial charge in [-0.05, 0) is 42.8 Å². The molecular formula is C24H28N2O5. The number of esters is 1. The van der Waals surface area contributed by atoms with Crippen molar-refractivity contribution in [1.29, 1.82) is 0 Å². The van der Waals surface area contributed by atoms with Crippen molar-refractivity contribution in [3.63, 3.8) is 0 Å². The zero-order chi connectivity index (χ0) is 22.4. The second-order valence-corrected chi connectivity index (χ2v) is 7.22. The molecule has 0 saturated carbocycles. The normalized spacial score (nSPS) is 20.5. The molecular weight excluding hydrogens is 396 g/mol. The van der Waals surface area contributed by atoms with Crippen LogP contribution in [0.3, 0.4) is 0 Å². The zero-order valence-corrected chi connectivity index (χ0v) is 18.2. The molecule has 3 rings (SSSR count). The molecule has 0 fully saturated rings. The van der Waals surface area contributed by atoms with E-state index in [4.69, 9.17) is 14.2 Å². The van der Waals surface area contributed by atoms with Crippen molar-refractivity contribution in [1.82, 2.24) is 5.32 Å². The Labute approximate surface area is 182 Å². The molecule has 164 valence electrons. The number of allylic oxidation sites excluding steroid dienone is 1. The Hall–Kier alpha value is -3.48. The molecule has 0 bridgehead atoms. The lowest BCUT2D eigenvalue weighted by Gasteiger charge is -2.44. The lowest BCUT2D eigenvalue weighted by atomic mass is 9.81. The van der Waals surface area contributed by atoms with Crippen LogP contribution >= 0.6 is 0 Å². The smallest absolute Gasteiger partial charge is 0.408 e. The van der Waals surface area contributed by atoms with Gasteiger partial charge in [-0.2, -0.15) is 0 Å². The van der Waals surface area contributed by atoms with Crippen molar-refractivity contribution >= 4 is 17.7 Å². The fourth-order valence-electron chi connectivity index (χ4n) is 3.86. The number of hydrogen-bond acceptors (Lipinski definition) is 6. The van der Waals surface area contributed by atoms with Crippen molar-refractivity contribution in [3.8, 4) is 5.75 Å². The Morgan fingerprint density at radius 3 is 2.29 bits per heavy atom. The number of hydrogen-bond donors (Lipinski definition) is 1. The highest BCUT2D eigenvalue weighted by molar-refractivity contribution is 5.94. The summed E-state index contributed by atoms with van der Waals surface area (Å²) in [7, 11) is 2.94. The molecule has 31 heavy (non-hydrogen) atoms. The van der Waals surface area contributed by atoms with E-state index in [0.29, 0.717) is 11.4 Å². The van der Waals surface area contributed by atoms with Gasteiger partial charge in [0.2, 0.25) is 0 Å². The van der Waals surface area contributed by atoms with Crippen LogP contribution in [0.4, 0.5) is 10.5 Å². The number of benzene rings is 2. The maximum absolute atomic E-state index is 12.8. The van der Waals surface area contributed by atoms with Crippen LogP contribution in [0.25, 0.3) is 0 Å². The van der Waals surface area contributed by atoms with Gasteiger partial charge in [0.1, 0.15) is 17.6 Å². The highest BCUT2D eigenvalue weighted by Gasteiger charge is 2.40. The molecule has 0 radical (unpaired) electrons. The predicted molar refractivity (Wildman–Crippen MR) is 118 cm³/mol. The lowest BCUT2D eigenvalue weighted by molar-refractivity contribution is -0.136. The number of nitrogens with zero attached hydrogens (tertiary/aromatic N) is 1. The van der Waals surface area contributed by atoms with Gasteiger partial charge < -0.3 is 24.4 Å². The van der Waals surface area contributed by atoms with Crippen LogP contribution in [-0.4, -0.2) is 39.1 Å². The van der Waals surface area contributed by atoms with E-state index in [2.05, 4.69) is 5.32 Å². The minimum absolute atomic E-state index is 0.0812. The van der Waals surface area contributed by atoms with Crippen molar-refractivity contribution in [3.05, 3.63) is 71.9 Å². The lowest BCUT2D eigenvalue weighted by Crippen LogP contribution is -2.56. The number of carbonyl (C=O) groups excluding carboxylic acids is 2. The van der Waals surface area contributed by atoms with Crippen molar-refractivity contribution in [2.45, 2.75) is 25.9 Å². The van der Waals surface area contributed by atoms with Gasteiger partial charge >= 0.3 is 12.1 Å². The maximum Gasteiger partial charge on any atom is 0.408 e. The van der Waals surface area contributed by atoms with Gasteiger partial charge in [0, 0.05) is 17.5 Å². The van der Waals surface area contributed by atoms with Crippen LogP contribution in [0.2, 0.25) is 0 Å². The summed E-state index contributed by atoms with van der Waals surface area (Å²) >= 11 is 0. The number of ether oxygens (including phenoxy) is 3. The molecule has 0 aliphatic carbocycles. The first-order chi connectivity index (χ1) is 15.0. The molecule has 1 heterocycles. The number of nitrogens with one attached hydrogen (secondary N) is 1. The summed E-state index contributed by atoms with van der Waals surface area (Å²) in [5, 5.41) is 2.94. The van der Waals surface area contributed by atoms with E-state index >= 15 is 0 Å². The molecule has 1 amide bonds. The summed E-state index contributed by atoms with van der Waals surface area (Å²) in [5.41, 5.74) is 2.11. The maximum atomic E-state index is 12.8. The largest absolute Gasteiger partial charge is 0.497 e. The van der Waals surface area contributed by atoms with Gasteiger partial charge in [0.05, 0.1) is 20.8 Å². The molecule has 3 atom stereocenters. The number of methoxy groups -OCH3 is 2. The van der Waals surface area contributed by atoms with Crippen molar-refractivity contribution in [2.24, 2.45) is 5.92 Å². The first-order valence-corrected chi connectivity index (χ1v) is 10.2. The number of carbonyl (C=O) groups is 2. The molecule has 0 unspecified atom stereocenters. The number of amides is 1. The summed E-state index contributed by atoms with van der Waals surface area (Å²) in [4.78, 5) is 27.0. The fraction of sp³-hybridized carbons (Fsp3) is 0.333. The van der Waals surface area contributed by atoms with E-state index in [1.54, 1.807) is 31.1 Å². The predicted octanol–water partition coefficient (Wildman–Crippen LogP) is 4.06. The van der Waals surface area contributed by atoms with Crippen LogP contribution in [0.5, 0.6) is 5.75 Å². The van der Waals surface area contributed by atoms with Gasteiger partial charge in [0.25, 0.3) is 0 Å². The second kappa shape index (κ2) is 10.0. The van der Waals surface area contributed by atoms with Crippen LogP contribution in [0, 0.1) is 5.92 Å². The molecule has 1 aliphatic rings. The summed E-state index contributed by atoms with van der Waals surface area (Å²) in [6.45, 7) is 4.03. The van der Waals surface area contributed by atoms with Gasteiger partial charge in [-0.1, -0.05) is 37.3 Å². The topological polar surface area (TPSA) is 77.1 Å². The molecule has 0 aromatic heterocycles. The van der Waals surface area contributed by atoms with Crippen LogP contribution in [-0.2, 0) is 14.3 Å². The minimum atomic E-state index is -0.546. The number of anilines is 1. The molecule has 1 N–H and O–H groups in total. The van der Waals surface area contributed by atoms with E-state index in [9.17, 15) is 9.59 Å². The van der Waals surface area contributed by atoms with Gasteiger partial charge in [-0.3, -0.25) is 0 Å². The van der Waals surface area contributed by atoms with Crippen LogP contribution in [0.1, 0.15) is 25.3 Å². The number of rotatable bonds is 6. The molecule has 7 heteroatoms. The Morgan fingerprint density at radius 2 is 1.71 bits per heavy atom. The van der Waals surface area contributed by atoms with Crippen molar-refractivity contribution in [2.75, 3.05) is 25.7 Å². The number of alkyl carbamates (subject to hydrolysis) is 1. The second-order valence-electron chi connectivity index (χ2n) is 7.22. The summed E-state index contributed by atoms with van der Waals surface area (Å²) in [6.07, 6.45) is 0.812. The Kier molecular flexibility index (Phi) is 7.18. The minimum Gasteiger partial charge on any atom is -0.497 e. The average Bonchev–Trinajstić information content (AvgIpc) is 2.80. The first kappa shape index (κ1) is 22.2. The third kappa shape index (κ3) is 4.82. The van der Waals surface area contributed by atoms with Crippen LogP contribution < -0.4 is 15.0 Å². The summed E-state index contributed by atoms with van der Waals surface area (Å²) < 4.78 is 15.5. The highest BCUT2D eigenvalue weighted by atomic mass is 16.5. The average molecular weight is 424 g/mol. The molecule has 0 saturated heterocycles. The Bertz CT molecular complexity index is 927. The molecule has 7 nitrogen and oxygen atoms in total. The molecule has 2 aromatic rings.